The minimum absolute atomic E-state index is 0.104. The number of likely N-dealkylation sites (tertiary alicyclic amines) is 1. The average molecular weight is 574 g/mol. The van der Waals surface area contributed by atoms with Gasteiger partial charge < -0.3 is 4.90 Å². The summed E-state index contributed by atoms with van der Waals surface area (Å²) in [5.74, 6) is -0.0945. The van der Waals surface area contributed by atoms with Crippen LogP contribution >= 0.6 is 11.6 Å². The van der Waals surface area contributed by atoms with E-state index in [1.165, 1.54) is 36.0 Å². The van der Waals surface area contributed by atoms with Gasteiger partial charge in [-0.1, -0.05) is 55.3 Å². The number of benzene rings is 2. The Kier molecular flexibility index (Phi) is 7.82. The molecule has 3 heterocycles. The van der Waals surface area contributed by atoms with E-state index in [9.17, 15) is 14.4 Å². The van der Waals surface area contributed by atoms with E-state index >= 15 is 0 Å². The summed E-state index contributed by atoms with van der Waals surface area (Å²) in [5.41, 5.74) is 7.70. The lowest BCUT2D eigenvalue weighted by molar-refractivity contribution is -0.136. The van der Waals surface area contributed by atoms with Gasteiger partial charge in [-0.2, -0.15) is 0 Å². The highest BCUT2D eigenvalue weighted by Crippen LogP contribution is 2.43. The maximum absolute atomic E-state index is 13.0. The molecule has 2 aromatic carbocycles. The number of fused-ring (bicyclic) bond motifs is 1. The van der Waals surface area contributed by atoms with E-state index in [0.717, 1.165) is 49.5 Å². The molecule has 0 spiro atoms. The summed E-state index contributed by atoms with van der Waals surface area (Å²) in [6.45, 7) is 8.47. The third kappa shape index (κ3) is 6.14. The smallest absolute Gasteiger partial charge is 0.255 e. The van der Waals surface area contributed by atoms with Crippen molar-refractivity contribution in [1.82, 2.24) is 15.1 Å². The van der Waals surface area contributed by atoms with E-state index in [0.29, 0.717) is 29.9 Å². The summed E-state index contributed by atoms with van der Waals surface area (Å²) in [5, 5.41) is 3.17. The molecule has 41 heavy (non-hydrogen) atoms. The van der Waals surface area contributed by atoms with Crippen molar-refractivity contribution in [3.8, 4) is 0 Å². The van der Waals surface area contributed by atoms with Crippen molar-refractivity contribution < 1.29 is 14.4 Å². The fourth-order valence-corrected chi connectivity index (χ4v) is 7.30. The molecule has 3 aliphatic heterocycles. The quantitative estimate of drug-likeness (QED) is 0.429. The van der Waals surface area contributed by atoms with Crippen molar-refractivity contribution >= 4 is 34.9 Å². The Morgan fingerprint density at radius 1 is 0.976 bits per heavy atom. The van der Waals surface area contributed by atoms with Gasteiger partial charge in [-0.25, -0.2) is 0 Å². The molecule has 1 aliphatic carbocycles. The SMILES string of the molecule is CC1(C)CCC(CN2CCC(Cc3ccc4c(c3)CN(C3CCC(=O)NC3=O)C4=O)CC2)=C(c2ccc(Cl)cc2)C1. The number of rotatable bonds is 6. The summed E-state index contributed by atoms with van der Waals surface area (Å²) in [7, 11) is 0. The van der Waals surface area contributed by atoms with Crippen molar-refractivity contribution in [2.24, 2.45) is 11.3 Å². The van der Waals surface area contributed by atoms with E-state index in [-0.39, 0.29) is 24.1 Å². The molecule has 0 bridgehead atoms. The first-order valence-corrected chi connectivity index (χ1v) is 15.5. The number of halogens is 1. The maximum atomic E-state index is 13.0. The molecule has 6 nitrogen and oxygen atoms in total. The van der Waals surface area contributed by atoms with Gasteiger partial charge in [-0.3, -0.25) is 24.6 Å². The van der Waals surface area contributed by atoms with Crippen LogP contribution in [0, 0.1) is 11.3 Å². The summed E-state index contributed by atoms with van der Waals surface area (Å²) in [4.78, 5) is 41.2. The first-order chi connectivity index (χ1) is 19.6. The fraction of sp³-hybridized carbons (Fsp3) is 0.500. The molecule has 1 N–H and O–H groups in total. The molecule has 2 saturated heterocycles. The van der Waals surface area contributed by atoms with Crippen LogP contribution in [0.3, 0.4) is 0 Å². The lowest BCUT2D eigenvalue weighted by Crippen LogP contribution is -2.52. The van der Waals surface area contributed by atoms with Gasteiger partial charge in [0.2, 0.25) is 11.8 Å². The highest BCUT2D eigenvalue weighted by atomic mass is 35.5. The molecule has 1 unspecified atom stereocenters. The Morgan fingerprint density at radius 3 is 2.46 bits per heavy atom. The minimum Gasteiger partial charge on any atom is -0.322 e. The third-order valence-corrected chi connectivity index (χ3v) is 9.86. The van der Waals surface area contributed by atoms with E-state index in [4.69, 9.17) is 11.6 Å². The second-order valence-electron chi connectivity index (χ2n) is 13.2. The number of carbonyl (C=O) groups excluding carboxylic acids is 3. The first-order valence-electron chi connectivity index (χ1n) is 15.1. The highest BCUT2D eigenvalue weighted by molar-refractivity contribution is 6.30. The van der Waals surface area contributed by atoms with Crippen LogP contribution in [0.5, 0.6) is 0 Å². The van der Waals surface area contributed by atoms with Crippen LogP contribution < -0.4 is 5.32 Å². The molecule has 4 aliphatic rings. The number of hydrogen-bond donors (Lipinski definition) is 1. The van der Waals surface area contributed by atoms with Crippen LogP contribution in [0.25, 0.3) is 5.57 Å². The third-order valence-electron chi connectivity index (χ3n) is 9.61. The Hall–Kier alpha value is -2.96. The number of allylic oxidation sites excluding steroid dienone is 1. The summed E-state index contributed by atoms with van der Waals surface area (Å²) in [6, 6.07) is 14.0. The molecule has 0 saturated carbocycles. The number of piperidine rings is 2. The zero-order chi connectivity index (χ0) is 28.7. The van der Waals surface area contributed by atoms with Crippen LogP contribution in [0.15, 0.2) is 48.0 Å². The van der Waals surface area contributed by atoms with E-state index in [1.807, 2.05) is 18.2 Å². The monoisotopic (exact) mass is 573 g/mol. The van der Waals surface area contributed by atoms with Gasteiger partial charge in [0.05, 0.1) is 0 Å². The van der Waals surface area contributed by atoms with Crippen LogP contribution in [0.1, 0.15) is 85.8 Å². The Morgan fingerprint density at radius 2 is 1.73 bits per heavy atom. The standard InChI is InChI=1S/C34H40ClN3O3/c1-34(2)14-11-25(29(19-34)24-4-6-27(35)7-5-24)20-37-15-12-22(13-16-37)17-23-3-8-28-26(18-23)21-38(33(28)41)30-9-10-31(39)36-32(30)40/h3-8,18,22,30H,9-17,19-21H2,1-2H3,(H,36,39,40). The number of nitrogens with zero attached hydrogens (tertiary/aromatic N) is 2. The van der Waals surface area contributed by atoms with Crippen LogP contribution in [0.4, 0.5) is 0 Å². The number of imide groups is 1. The van der Waals surface area contributed by atoms with Crippen LogP contribution in [0.2, 0.25) is 5.02 Å². The predicted octanol–water partition coefficient (Wildman–Crippen LogP) is 6.02. The van der Waals surface area contributed by atoms with Gasteiger partial charge in [0.15, 0.2) is 0 Å². The number of hydrogen-bond acceptors (Lipinski definition) is 4. The molecule has 0 aromatic heterocycles. The summed E-state index contributed by atoms with van der Waals surface area (Å²) < 4.78 is 0. The minimum atomic E-state index is -0.564. The summed E-state index contributed by atoms with van der Waals surface area (Å²) >= 11 is 6.19. The molecule has 0 radical (unpaired) electrons. The number of amides is 3. The number of carbonyl (C=O) groups is 3. The zero-order valence-corrected chi connectivity index (χ0v) is 24.9. The van der Waals surface area contributed by atoms with Gasteiger partial charge in [-0.15, -0.1) is 0 Å². The summed E-state index contributed by atoms with van der Waals surface area (Å²) in [6.07, 6.45) is 7.54. The Labute approximate surface area is 248 Å². The molecular weight excluding hydrogens is 534 g/mol. The van der Waals surface area contributed by atoms with Crippen molar-refractivity contribution in [2.45, 2.75) is 77.8 Å². The molecule has 216 valence electrons. The van der Waals surface area contributed by atoms with Gasteiger partial charge >= 0.3 is 0 Å². The maximum Gasteiger partial charge on any atom is 0.255 e. The molecule has 1 atom stereocenters. The normalized spacial score (nSPS) is 23.6. The Balaban J connectivity index is 1.07. The highest BCUT2D eigenvalue weighted by Gasteiger charge is 2.39. The Bertz CT molecular complexity index is 1390. The van der Waals surface area contributed by atoms with E-state index in [1.54, 1.807) is 10.5 Å². The lowest BCUT2D eigenvalue weighted by Gasteiger charge is -2.37. The van der Waals surface area contributed by atoms with E-state index < -0.39 is 6.04 Å². The zero-order valence-electron chi connectivity index (χ0n) is 24.2. The molecule has 2 fully saturated rings. The van der Waals surface area contributed by atoms with Crippen molar-refractivity contribution in [3.05, 3.63) is 75.3 Å². The predicted molar refractivity (Wildman–Crippen MR) is 161 cm³/mol. The molecule has 7 heteroatoms. The molecule has 6 rings (SSSR count). The second kappa shape index (κ2) is 11.4. The molecule has 3 amide bonds. The topological polar surface area (TPSA) is 69.7 Å². The average Bonchev–Trinajstić information content (AvgIpc) is 3.26. The van der Waals surface area contributed by atoms with Crippen LogP contribution in [-0.4, -0.2) is 53.2 Å². The molecule has 2 aromatic rings. The first kappa shape index (κ1) is 28.2. The molecular formula is C34H40ClN3O3. The van der Waals surface area contributed by atoms with Crippen molar-refractivity contribution in [3.63, 3.8) is 0 Å². The van der Waals surface area contributed by atoms with Gasteiger partial charge in [0.25, 0.3) is 5.91 Å². The van der Waals surface area contributed by atoms with Gasteiger partial charge in [-0.05, 0) is 110 Å². The van der Waals surface area contributed by atoms with Crippen LogP contribution in [-0.2, 0) is 22.6 Å². The van der Waals surface area contributed by atoms with Gasteiger partial charge in [0.1, 0.15) is 6.04 Å². The van der Waals surface area contributed by atoms with Gasteiger partial charge in [0, 0.05) is 30.1 Å². The van der Waals surface area contributed by atoms with Crippen molar-refractivity contribution in [2.75, 3.05) is 19.6 Å². The van der Waals surface area contributed by atoms with E-state index in [2.05, 4.69) is 48.3 Å². The van der Waals surface area contributed by atoms with Crippen molar-refractivity contribution in [1.29, 1.82) is 0 Å². The fourth-order valence-electron chi connectivity index (χ4n) is 7.17. The second-order valence-corrected chi connectivity index (χ2v) is 13.7. The number of nitrogens with one attached hydrogen (secondary N) is 1. The lowest BCUT2D eigenvalue weighted by atomic mass is 9.72. The largest absolute Gasteiger partial charge is 0.322 e.